The third-order valence-electron chi connectivity index (χ3n) is 3.05. The Hall–Kier alpha value is -1.61. The minimum absolute atomic E-state index is 0.0111. The van der Waals surface area contributed by atoms with Gasteiger partial charge in [-0.15, -0.1) is 0 Å². The Bertz CT molecular complexity index is 619. The number of carbonyl (C=O) groups excluding carboxylic acids is 1. The van der Waals surface area contributed by atoms with Crippen LogP contribution in [0.5, 0.6) is 5.75 Å². The van der Waals surface area contributed by atoms with Crippen molar-refractivity contribution in [3.05, 3.63) is 24.3 Å². The zero-order chi connectivity index (χ0) is 15.7. The van der Waals surface area contributed by atoms with Crippen LogP contribution in [0.4, 0.5) is 13.2 Å². The van der Waals surface area contributed by atoms with E-state index in [1.54, 1.807) is 0 Å². The lowest BCUT2D eigenvalue weighted by molar-refractivity contribution is -0.189. The molecule has 1 aliphatic heterocycles. The highest BCUT2D eigenvalue weighted by molar-refractivity contribution is 7.92. The summed E-state index contributed by atoms with van der Waals surface area (Å²) in [5, 5.41) is 2.37. The molecule has 1 heterocycles. The Balaban J connectivity index is 2.14. The molecule has 1 atom stereocenters. The van der Waals surface area contributed by atoms with Gasteiger partial charge in [-0.1, -0.05) is 0 Å². The Labute approximate surface area is 119 Å². The average molecular weight is 323 g/mol. The van der Waals surface area contributed by atoms with Gasteiger partial charge in [0.15, 0.2) is 9.84 Å². The van der Waals surface area contributed by atoms with Crippen LogP contribution in [0.3, 0.4) is 0 Å². The molecule has 9 heteroatoms. The zero-order valence-corrected chi connectivity index (χ0v) is 11.5. The van der Waals surface area contributed by atoms with Crippen LogP contribution < -0.4 is 10.1 Å². The van der Waals surface area contributed by atoms with Crippen molar-refractivity contribution in [1.82, 2.24) is 5.32 Å². The second-order valence-electron chi connectivity index (χ2n) is 4.52. The lowest BCUT2D eigenvalue weighted by Crippen LogP contribution is -2.28. The number of alkyl halides is 3. The molecule has 1 aliphatic rings. The van der Waals surface area contributed by atoms with E-state index in [0.29, 0.717) is 19.5 Å². The van der Waals surface area contributed by atoms with E-state index in [0.717, 1.165) is 24.3 Å². The molecule has 1 unspecified atom stereocenters. The first-order valence-corrected chi connectivity index (χ1v) is 7.59. The van der Waals surface area contributed by atoms with Gasteiger partial charge >= 0.3 is 12.1 Å². The quantitative estimate of drug-likeness (QED) is 0.670. The van der Waals surface area contributed by atoms with E-state index in [-0.39, 0.29) is 10.6 Å². The molecule has 0 aliphatic carbocycles. The van der Waals surface area contributed by atoms with Gasteiger partial charge < -0.3 is 10.1 Å². The fourth-order valence-corrected chi connectivity index (χ4v) is 3.61. The molecule has 1 fully saturated rings. The van der Waals surface area contributed by atoms with Crippen LogP contribution in [0.2, 0.25) is 0 Å². The number of esters is 1. The topological polar surface area (TPSA) is 72.5 Å². The van der Waals surface area contributed by atoms with E-state index in [9.17, 15) is 26.4 Å². The van der Waals surface area contributed by atoms with Crippen molar-refractivity contribution in [3.8, 4) is 5.75 Å². The molecular formula is C12H12F3NO4S. The number of hydrogen-bond acceptors (Lipinski definition) is 5. The Morgan fingerprint density at radius 2 is 1.86 bits per heavy atom. The lowest BCUT2D eigenvalue weighted by Gasteiger charge is -2.11. The number of hydrogen-bond donors (Lipinski definition) is 1. The molecule has 0 radical (unpaired) electrons. The van der Waals surface area contributed by atoms with Crippen LogP contribution in [0.25, 0.3) is 0 Å². The molecule has 116 valence electrons. The molecule has 0 bridgehead atoms. The minimum Gasteiger partial charge on any atom is -0.420 e. The highest BCUT2D eigenvalue weighted by atomic mass is 32.2. The molecule has 0 amide bonds. The van der Waals surface area contributed by atoms with E-state index >= 15 is 0 Å². The molecule has 1 saturated heterocycles. The van der Waals surface area contributed by atoms with Gasteiger partial charge in [0.05, 0.1) is 10.1 Å². The molecular weight excluding hydrogens is 311 g/mol. The summed E-state index contributed by atoms with van der Waals surface area (Å²) in [6, 6.07) is 4.32. The number of ether oxygens (including phenoxy) is 1. The highest BCUT2D eigenvalue weighted by Crippen LogP contribution is 2.24. The Kier molecular flexibility index (Phi) is 4.24. The number of sulfone groups is 1. The van der Waals surface area contributed by atoms with Crippen molar-refractivity contribution in [1.29, 1.82) is 0 Å². The number of rotatable bonds is 3. The third kappa shape index (κ3) is 3.53. The van der Waals surface area contributed by atoms with E-state index in [4.69, 9.17) is 0 Å². The maximum absolute atomic E-state index is 12.2. The van der Waals surface area contributed by atoms with Crippen LogP contribution >= 0.6 is 0 Å². The van der Waals surface area contributed by atoms with Crippen molar-refractivity contribution in [2.45, 2.75) is 22.7 Å². The fraction of sp³-hybridized carbons (Fsp3) is 0.417. The summed E-state index contributed by atoms with van der Waals surface area (Å²) in [5.74, 6) is -2.71. The van der Waals surface area contributed by atoms with E-state index in [1.165, 1.54) is 0 Å². The van der Waals surface area contributed by atoms with Crippen molar-refractivity contribution in [2.75, 3.05) is 13.1 Å². The van der Waals surface area contributed by atoms with Gasteiger partial charge in [0.25, 0.3) is 0 Å². The molecule has 21 heavy (non-hydrogen) atoms. The van der Waals surface area contributed by atoms with Crippen LogP contribution in [0.15, 0.2) is 29.2 Å². The predicted octanol–water partition coefficient (Wildman–Crippen LogP) is 1.29. The van der Waals surface area contributed by atoms with Crippen molar-refractivity contribution >= 4 is 15.8 Å². The zero-order valence-electron chi connectivity index (χ0n) is 10.7. The molecule has 0 spiro atoms. The molecule has 0 aromatic heterocycles. The standard InChI is InChI=1S/C12H12F3NO4S/c13-12(14,15)11(17)20-8-1-3-9(4-2-8)21(18,19)10-5-6-16-7-10/h1-4,10,16H,5-7H2. The Morgan fingerprint density at radius 3 is 2.33 bits per heavy atom. The Morgan fingerprint density at radius 1 is 1.24 bits per heavy atom. The molecule has 1 aromatic rings. The number of halogens is 3. The molecule has 2 rings (SSSR count). The summed E-state index contributed by atoms with van der Waals surface area (Å²) in [6.45, 7) is 0.943. The first-order valence-electron chi connectivity index (χ1n) is 6.05. The lowest BCUT2D eigenvalue weighted by atomic mass is 10.3. The van der Waals surface area contributed by atoms with E-state index < -0.39 is 27.2 Å². The van der Waals surface area contributed by atoms with Gasteiger partial charge in [-0.2, -0.15) is 13.2 Å². The SMILES string of the molecule is O=C(Oc1ccc(S(=O)(=O)C2CCNC2)cc1)C(F)(F)F. The van der Waals surface area contributed by atoms with Crippen LogP contribution in [0.1, 0.15) is 6.42 Å². The average Bonchev–Trinajstić information content (AvgIpc) is 2.92. The van der Waals surface area contributed by atoms with Gasteiger partial charge in [0, 0.05) is 6.54 Å². The van der Waals surface area contributed by atoms with Gasteiger partial charge in [-0.25, -0.2) is 13.2 Å². The highest BCUT2D eigenvalue weighted by Gasteiger charge is 2.41. The van der Waals surface area contributed by atoms with Gasteiger partial charge in [0.2, 0.25) is 0 Å². The normalized spacial score (nSPS) is 19.5. The first-order chi connectivity index (χ1) is 9.71. The van der Waals surface area contributed by atoms with Gasteiger partial charge in [-0.05, 0) is 37.2 Å². The van der Waals surface area contributed by atoms with Crippen molar-refractivity contribution in [3.63, 3.8) is 0 Å². The summed E-state index contributed by atoms with van der Waals surface area (Å²) in [6.07, 6.45) is -4.62. The van der Waals surface area contributed by atoms with Crippen LogP contribution in [0, 0.1) is 0 Å². The van der Waals surface area contributed by atoms with Gasteiger partial charge in [0.1, 0.15) is 5.75 Å². The number of carbonyl (C=O) groups is 1. The smallest absolute Gasteiger partial charge is 0.420 e. The van der Waals surface area contributed by atoms with Crippen LogP contribution in [-0.4, -0.2) is 38.9 Å². The maximum atomic E-state index is 12.2. The second-order valence-corrected chi connectivity index (χ2v) is 6.75. The monoisotopic (exact) mass is 323 g/mol. The summed E-state index contributed by atoms with van der Waals surface area (Å²) in [4.78, 5) is 10.6. The maximum Gasteiger partial charge on any atom is 0.491 e. The number of nitrogens with one attached hydrogen (secondary N) is 1. The van der Waals surface area contributed by atoms with Crippen molar-refractivity contribution < 1.29 is 31.1 Å². The summed E-state index contributed by atoms with van der Waals surface area (Å²) >= 11 is 0. The molecule has 5 nitrogen and oxygen atoms in total. The first kappa shape index (κ1) is 15.8. The second kappa shape index (κ2) is 5.64. The van der Waals surface area contributed by atoms with E-state index in [1.807, 2.05) is 0 Å². The predicted molar refractivity (Wildman–Crippen MR) is 66.6 cm³/mol. The summed E-state index contributed by atoms with van der Waals surface area (Å²) < 4.78 is 64.6. The summed E-state index contributed by atoms with van der Waals surface area (Å²) in [7, 11) is -3.54. The molecule has 0 saturated carbocycles. The third-order valence-corrected chi connectivity index (χ3v) is 5.26. The van der Waals surface area contributed by atoms with Crippen molar-refractivity contribution in [2.24, 2.45) is 0 Å². The minimum atomic E-state index is -5.10. The molecule has 1 N–H and O–H groups in total. The van der Waals surface area contributed by atoms with Crippen LogP contribution in [-0.2, 0) is 14.6 Å². The fourth-order valence-electron chi connectivity index (χ4n) is 1.95. The largest absolute Gasteiger partial charge is 0.491 e. The summed E-state index contributed by atoms with van der Waals surface area (Å²) in [5.41, 5.74) is 0. The molecule has 1 aromatic carbocycles. The number of benzene rings is 1. The van der Waals surface area contributed by atoms with E-state index in [2.05, 4.69) is 10.1 Å². The van der Waals surface area contributed by atoms with Gasteiger partial charge in [-0.3, -0.25) is 0 Å².